The van der Waals surface area contributed by atoms with Gasteiger partial charge in [-0.2, -0.15) is 16.9 Å². The average molecular weight is 302 g/mol. The van der Waals surface area contributed by atoms with Crippen molar-refractivity contribution in [1.29, 1.82) is 0 Å². The van der Waals surface area contributed by atoms with Gasteiger partial charge in [0.2, 0.25) is 0 Å². The van der Waals surface area contributed by atoms with Gasteiger partial charge in [-0.25, -0.2) is 4.98 Å². The fourth-order valence-electron chi connectivity index (χ4n) is 2.79. The molecule has 1 N–H and O–H groups in total. The summed E-state index contributed by atoms with van der Waals surface area (Å²) in [5.41, 5.74) is 1.37. The Kier molecular flexibility index (Phi) is 5.29. The van der Waals surface area contributed by atoms with Crippen LogP contribution < -0.4 is 5.32 Å². The molecule has 2 aromatic rings. The summed E-state index contributed by atoms with van der Waals surface area (Å²) in [5, 5.41) is 8.06. The standard InChI is InChI=1S/C16H22N4S/c1-2-4-14(5-3-1)16(6-9-20-13-17-12-18-20)19-15-7-10-21-11-8-15/h1-5,12-13,15-16,19H,6-11H2/t16-/m0/s1. The number of hydrogen-bond acceptors (Lipinski definition) is 4. The molecule has 1 aromatic heterocycles. The van der Waals surface area contributed by atoms with Gasteiger partial charge in [0.1, 0.15) is 12.7 Å². The molecule has 1 aromatic carbocycles. The first-order valence-corrected chi connectivity index (χ1v) is 8.78. The lowest BCUT2D eigenvalue weighted by Gasteiger charge is -2.28. The molecule has 0 aliphatic carbocycles. The molecule has 1 fully saturated rings. The largest absolute Gasteiger partial charge is 0.307 e. The second kappa shape index (κ2) is 7.61. The van der Waals surface area contributed by atoms with Gasteiger partial charge in [0.05, 0.1) is 0 Å². The van der Waals surface area contributed by atoms with Crippen molar-refractivity contribution in [3.63, 3.8) is 0 Å². The summed E-state index contributed by atoms with van der Waals surface area (Å²) in [6, 6.07) is 11.8. The number of aromatic nitrogens is 3. The van der Waals surface area contributed by atoms with Gasteiger partial charge in [0.15, 0.2) is 0 Å². The molecule has 0 bridgehead atoms. The first-order valence-electron chi connectivity index (χ1n) is 7.63. The lowest BCUT2D eigenvalue weighted by atomic mass is 10.0. The number of rotatable bonds is 6. The van der Waals surface area contributed by atoms with Crippen LogP contribution in [0.3, 0.4) is 0 Å². The van der Waals surface area contributed by atoms with Crippen LogP contribution in [0.25, 0.3) is 0 Å². The van der Waals surface area contributed by atoms with Crippen LogP contribution >= 0.6 is 11.8 Å². The van der Waals surface area contributed by atoms with Gasteiger partial charge in [-0.15, -0.1) is 0 Å². The van der Waals surface area contributed by atoms with E-state index in [0.29, 0.717) is 12.1 Å². The molecule has 0 unspecified atom stereocenters. The molecule has 0 spiro atoms. The summed E-state index contributed by atoms with van der Waals surface area (Å²) in [4.78, 5) is 4.02. The monoisotopic (exact) mass is 302 g/mol. The predicted octanol–water partition coefficient (Wildman–Crippen LogP) is 2.89. The summed E-state index contributed by atoms with van der Waals surface area (Å²) < 4.78 is 1.91. The van der Waals surface area contributed by atoms with Crippen LogP contribution in [0.4, 0.5) is 0 Å². The summed E-state index contributed by atoms with van der Waals surface area (Å²) in [6.45, 7) is 0.897. The highest BCUT2D eigenvalue weighted by Crippen LogP contribution is 2.23. The Morgan fingerprint density at radius 2 is 2.05 bits per heavy atom. The van der Waals surface area contributed by atoms with E-state index in [1.54, 1.807) is 12.7 Å². The maximum Gasteiger partial charge on any atom is 0.137 e. The number of hydrogen-bond donors (Lipinski definition) is 1. The minimum atomic E-state index is 0.392. The molecule has 3 rings (SSSR count). The van der Waals surface area contributed by atoms with Gasteiger partial charge in [-0.05, 0) is 36.3 Å². The Bertz CT molecular complexity index is 508. The zero-order valence-corrected chi connectivity index (χ0v) is 13.0. The topological polar surface area (TPSA) is 42.7 Å². The van der Waals surface area contributed by atoms with Crippen molar-refractivity contribution in [2.45, 2.75) is 37.9 Å². The molecule has 2 heterocycles. The number of nitrogens with zero attached hydrogens (tertiary/aromatic N) is 3. The second-order valence-corrected chi connectivity index (χ2v) is 6.69. The van der Waals surface area contributed by atoms with E-state index in [9.17, 15) is 0 Å². The maximum atomic E-state index is 4.20. The minimum absolute atomic E-state index is 0.392. The molecule has 4 nitrogen and oxygen atoms in total. The van der Waals surface area contributed by atoms with Gasteiger partial charge in [-0.3, -0.25) is 4.68 Å². The van der Waals surface area contributed by atoms with Gasteiger partial charge < -0.3 is 5.32 Å². The van der Waals surface area contributed by atoms with E-state index in [-0.39, 0.29) is 0 Å². The van der Waals surface area contributed by atoms with Crippen molar-refractivity contribution in [3.05, 3.63) is 48.5 Å². The fraction of sp³-hybridized carbons (Fsp3) is 0.500. The predicted molar refractivity (Wildman–Crippen MR) is 87.3 cm³/mol. The van der Waals surface area contributed by atoms with Gasteiger partial charge in [0.25, 0.3) is 0 Å². The zero-order chi connectivity index (χ0) is 14.3. The van der Waals surface area contributed by atoms with Crippen LogP contribution in [0, 0.1) is 0 Å². The molecule has 0 saturated carbocycles. The highest BCUT2D eigenvalue weighted by Gasteiger charge is 2.19. The summed E-state index contributed by atoms with van der Waals surface area (Å²) in [7, 11) is 0. The third-order valence-electron chi connectivity index (χ3n) is 3.97. The van der Waals surface area contributed by atoms with Gasteiger partial charge >= 0.3 is 0 Å². The zero-order valence-electron chi connectivity index (χ0n) is 12.2. The van der Waals surface area contributed by atoms with Crippen LogP contribution in [-0.4, -0.2) is 32.3 Å². The van der Waals surface area contributed by atoms with Crippen LogP contribution in [0.15, 0.2) is 43.0 Å². The van der Waals surface area contributed by atoms with E-state index in [1.165, 1.54) is 29.9 Å². The number of benzene rings is 1. The first-order chi connectivity index (χ1) is 10.4. The molecule has 1 atom stereocenters. The van der Waals surface area contributed by atoms with Gasteiger partial charge in [-0.1, -0.05) is 30.3 Å². The van der Waals surface area contributed by atoms with Crippen molar-refractivity contribution >= 4 is 11.8 Å². The van der Waals surface area contributed by atoms with Crippen LogP contribution in [0.5, 0.6) is 0 Å². The molecule has 1 aliphatic heterocycles. The molecule has 1 saturated heterocycles. The molecule has 5 heteroatoms. The highest BCUT2D eigenvalue weighted by atomic mass is 32.2. The third kappa shape index (κ3) is 4.32. The van der Waals surface area contributed by atoms with E-state index in [4.69, 9.17) is 0 Å². The number of thioether (sulfide) groups is 1. The number of nitrogens with one attached hydrogen (secondary N) is 1. The Morgan fingerprint density at radius 1 is 1.24 bits per heavy atom. The second-order valence-electron chi connectivity index (χ2n) is 5.46. The molecule has 112 valence electrons. The Hall–Kier alpha value is -1.33. The lowest BCUT2D eigenvalue weighted by molar-refractivity contribution is 0.376. The normalized spacial score (nSPS) is 17.7. The molecule has 0 amide bonds. The Labute approximate surface area is 130 Å². The quantitative estimate of drug-likeness (QED) is 0.891. The van der Waals surface area contributed by atoms with Crippen LogP contribution in [0.1, 0.15) is 30.9 Å². The molecule has 1 aliphatic rings. The summed E-state index contributed by atoms with van der Waals surface area (Å²) in [5.74, 6) is 2.56. The highest BCUT2D eigenvalue weighted by molar-refractivity contribution is 7.99. The van der Waals surface area contributed by atoms with Gasteiger partial charge in [0, 0.05) is 18.6 Å². The van der Waals surface area contributed by atoms with Crippen molar-refractivity contribution in [3.8, 4) is 0 Å². The minimum Gasteiger partial charge on any atom is -0.307 e. The maximum absolute atomic E-state index is 4.20. The Balaban J connectivity index is 1.65. The van der Waals surface area contributed by atoms with E-state index >= 15 is 0 Å². The SMILES string of the molecule is c1ccc([C@H](CCn2cncn2)NC2CCSCC2)cc1. The third-order valence-corrected chi connectivity index (χ3v) is 5.02. The van der Waals surface area contributed by atoms with Crippen molar-refractivity contribution in [2.24, 2.45) is 0 Å². The lowest BCUT2D eigenvalue weighted by Crippen LogP contribution is -2.36. The molecule has 0 radical (unpaired) electrons. The smallest absolute Gasteiger partial charge is 0.137 e. The Morgan fingerprint density at radius 3 is 2.76 bits per heavy atom. The summed E-state index contributed by atoms with van der Waals surface area (Å²) >= 11 is 2.07. The van der Waals surface area contributed by atoms with Crippen molar-refractivity contribution < 1.29 is 0 Å². The van der Waals surface area contributed by atoms with Crippen molar-refractivity contribution in [1.82, 2.24) is 20.1 Å². The molecular weight excluding hydrogens is 280 g/mol. The van der Waals surface area contributed by atoms with Crippen LogP contribution in [-0.2, 0) is 6.54 Å². The summed E-state index contributed by atoms with van der Waals surface area (Å²) in [6.07, 6.45) is 6.98. The average Bonchev–Trinajstić information content (AvgIpc) is 3.07. The number of aryl methyl sites for hydroxylation is 1. The van der Waals surface area contributed by atoms with E-state index in [2.05, 4.69) is 57.5 Å². The van der Waals surface area contributed by atoms with E-state index in [1.807, 2.05) is 4.68 Å². The molecule has 21 heavy (non-hydrogen) atoms. The first kappa shape index (κ1) is 14.6. The molecular formula is C16H22N4S. The van der Waals surface area contributed by atoms with Crippen LogP contribution in [0.2, 0.25) is 0 Å². The van der Waals surface area contributed by atoms with E-state index in [0.717, 1.165) is 13.0 Å². The fourth-order valence-corrected chi connectivity index (χ4v) is 3.90. The van der Waals surface area contributed by atoms with E-state index < -0.39 is 0 Å². The van der Waals surface area contributed by atoms with Crippen molar-refractivity contribution in [2.75, 3.05) is 11.5 Å².